The molecule has 0 aliphatic carbocycles. The van der Waals surface area contributed by atoms with E-state index >= 15 is 0 Å². The van der Waals surface area contributed by atoms with Crippen LogP contribution in [0.15, 0.2) is 24.4 Å². The van der Waals surface area contributed by atoms with E-state index in [1.54, 1.807) is 7.11 Å². The average Bonchev–Trinajstić information content (AvgIpc) is 3.54. The highest BCUT2D eigenvalue weighted by Crippen LogP contribution is 2.34. The van der Waals surface area contributed by atoms with E-state index in [4.69, 9.17) is 14.6 Å². The third kappa shape index (κ3) is 3.60. The van der Waals surface area contributed by atoms with E-state index in [2.05, 4.69) is 39.2 Å². The number of halogens is 1. The Balaban J connectivity index is 0.00000216. The molecular formula is C23H29ClN6O2. The Morgan fingerprint density at radius 3 is 2.66 bits per heavy atom. The van der Waals surface area contributed by atoms with Gasteiger partial charge in [-0.25, -0.2) is 4.68 Å². The zero-order chi connectivity index (χ0) is 20.9. The Morgan fingerprint density at radius 2 is 1.94 bits per heavy atom. The number of nitrogens with one attached hydrogen (secondary N) is 1. The van der Waals surface area contributed by atoms with Crippen molar-refractivity contribution in [2.75, 3.05) is 38.3 Å². The molecule has 0 spiro atoms. The number of piperidine rings is 1. The Morgan fingerprint density at radius 1 is 1.12 bits per heavy atom. The van der Waals surface area contributed by atoms with Crippen LogP contribution in [0.5, 0.6) is 6.01 Å². The van der Waals surface area contributed by atoms with Crippen LogP contribution in [0.3, 0.4) is 0 Å². The van der Waals surface area contributed by atoms with Crippen molar-refractivity contribution in [1.29, 1.82) is 0 Å². The van der Waals surface area contributed by atoms with Gasteiger partial charge in [0.1, 0.15) is 5.82 Å². The highest BCUT2D eigenvalue weighted by molar-refractivity contribution is 5.85. The molecule has 3 aliphatic heterocycles. The molecule has 1 N–H and O–H groups in total. The number of hydrogen-bond acceptors (Lipinski definition) is 7. The third-order valence-corrected chi connectivity index (χ3v) is 7.01. The van der Waals surface area contributed by atoms with Crippen molar-refractivity contribution in [3.8, 4) is 11.8 Å². The van der Waals surface area contributed by atoms with Crippen LogP contribution < -0.4 is 15.0 Å². The van der Waals surface area contributed by atoms with E-state index in [-0.39, 0.29) is 12.4 Å². The Kier molecular flexibility index (Phi) is 5.69. The van der Waals surface area contributed by atoms with Gasteiger partial charge in [0, 0.05) is 18.0 Å². The van der Waals surface area contributed by atoms with E-state index in [0.717, 1.165) is 55.2 Å². The minimum absolute atomic E-state index is 0. The van der Waals surface area contributed by atoms with Crippen molar-refractivity contribution >= 4 is 29.1 Å². The molecule has 170 valence electrons. The number of methoxy groups -OCH3 is 1. The normalized spacial score (nSPS) is 23.0. The summed E-state index contributed by atoms with van der Waals surface area (Å²) < 4.78 is 13.1. The molecule has 0 amide bonds. The minimum atomic E-state index is 0. The molecule has 3 fully saturated rings. The van der Waals surface area contributed by atoms with Crippen LogP contribution in [0, 0.1) is 6.92 Å². The maximum Gasteiger partial charge on any atom is 0.320 e. The van der Waals surface area contributed by atoms with Crippen molar-refractivity contribution in [3.05, 3.63) is 35.5 Å². The Bertz CT molecular complexity index is 1130. The van der Waals surface area contributed by atoms with Gasteiger partial charge in [-0.2, -0.15) is 15.1 Å². The van der Waals surface area contributed by atoms with Crippen LogP contribution >= 0.6 is 12.4 Å². The van der Waals surface area contributed by atoms with Gasteiger partial charge in [0.25, 0.3) is 0 Å². The zero-order valence-electron chi connectivity index (χ0n) is 18.5. The summed E-state index contributed by atoms with van der Waals surface area (Å²) in [5.41, 5.74) is 3.84. The molecule has 32 heavy (non-hydrogen) atoms. The summed E-state index contributed by atoms with van der Waals surface area (Å²) in [7, 11) is 1.61. The third-order valence-electron chi connectivity index (χ3n) is 7.01. The van der Waals surface area contributed by atoms with Crippen LogP contribution in [0.2, 0.25) is 0 Å². The van der Waals surface area contributed by atoms with Crippen molar-refractivity contribution in [2.45, 2.75) is 44.2 Å². The summed E-state index contributed by atoms with van der Waals surface area (Å²) in [5, 5.41) is 9.30. The number of aromatic nitrogens is 4. The molecule has 2 bridgehead atoms. The van der Waals surface area contributed by atoms with Crippen LogP contribution in [0.25, 0.3) is 16.7 Å². The molecule has 3 aliphatic rings. The molecule has 2 atom stereocenters. The van der Waals surface area contributed by atoms with E-state index in [9.17, 15) is 0 Å². The lowest BCUT2D eigenvalue weighted by atomic mass is 9.87. The second-order valence-corrected chi connectivity index (χ2v) is 8.92. The fourth-order valence-corrected chi connectivity index (χ4v) is 5.39. The predicted octanol–water partition coefficient (Wildman–Crippen LogP) is 3.00. The number of rotatable bonds is 4. The summed E-state index contributed by atoms with van der Waals surface area (Å²) in [6, 6.07) is 7.34. The highest BCUT2D eigenvalue weighted by Gasteiger charge is 2.40. The lowest BCUT2D eigenvalue weighted by Crippen LogP contribution is -2.37. The molecule has 0 radical (unpaired) electrons. The topological polar surface area (TPSA) is 77.3 Å². The molecule has 8 nitrogen and oxygen atoms in total. The molecule has 6 rings (SSSR count). The number of benzene rings is 1. The second-order valence-electron chi connectivity index (χ2n) is 8.92. The monoisotopic (exact) mass is 456 g/mol. The van der Waals surface area contributed by atoms with E-state index < -0.39 is 0 Å². The standard InChI is InChI=1S/C23H28N6O2.ClH/c1-14-7-16-11-25-29(20(16)9-19(14)15-3-5-24-6-4-15)22-10-21(26-23(27-22)30-2)28-12-18-8-17(28)13-31-18;/h7,9-11,15,17-18,24H,3-6,8,12-13H2,1-2H3;1H/t17-,18-;/m0./s1. The molecular weight excluding hydrogens is 428 g/mol. The van der Waals surface area contributed by atoms with Crippen molar-refractivity contribution in [1.82, 2.24) is 25.1 Å². The Labute approximate surface area is 193 Å². The fraction of sp³-hybridized carbons (Fsp3) is 0.522. The first kappa shape index (κ1) is 21.4. The lowest BCUT2D eigenvalue weighted by molar-refractivity contribution is 0.0988. The average molecular weight is 457 g/mol. The summed E-state index contributed by atoms with van der Waals surface area (Å²) in [5.74, 6) is 2.21. The summed E-state index contributed by atoms with van der Waals surface area (Å²) in [4.78, 5) is 11.6. The van der Waals surface area contributed by atoms with Crippen molar-refractivity contribution in [2.24, 2.45) is 0 Å². The van der Waals surface area contributed by atoms with Crippen molar-refractivity contribution in [3.63, 3.8) is 0 Å². The molecule has 5 heterocycles. The number of aryl methyl sites for hydroxylation is 1. The molecule has 0 saturated carbocycles. The molecule has 3 aromatic rings. The predicted molar refractivity (Wildman–Crippen MR) is 126 cm³/mol. The maximum absolute atomic E-state index is 5.76. The van der Waals surface area contributed by atoms with Gasteiger partial charge in [-0.15, -0.1) is 12.4 Å². The van der Waals surface area contributed by atoms with Gasteiger partial charge in [-0.3, -0.25) is 0 Å². The van der Waals surface area contributed by atoms with Gasteiger partial charge in [0.05, 0.1) is 37.6 Å². The highest BCUT2D eigenvalue weighted by atomic mass is 35.5. The number of nitrogens with zero attached hydrogens (tertiary/aromatic N) is 5. The summed E-state index contributed by atoms with van der Waals surface area (Å²) in [6.45, 7) is 5.99. The zero-order valence-corrected chi connectivity index (χ0v) is 19.3. The van der Waals surface area contributed by atoms with Gasteiger partial charge in [0.2, 0.25) is 0 Å². The van der Waals surface area contributed by atoms with Gasteiger partial charge in [0.15, 0.2) is 5.82 Å². The van der Waals surface area contributed by atoms with Crippen LogP contribution in [-0.4, -0.2) is 65.2 Å². The Hall–Kier alpha value is -2.42. The van der Waals surface area contributed by atoms with Crippen molar-refractivity contribution < 1.29 is 9.47 Å². The minimum Gasteiger partial charge on any atom is -0.467 e. The molecule has 1 aromatic carbocycles. The van der Waals surface area contributed by atoms with Gasteiger partial charge < -0.3 is 19.7 Å². The number of hydrogen-bond donors (Lipinski definition) is 1. The number of ether oxygens (including phenoxy) is 2. The van der Waals surface area contributed by atoms with Gasteiger partial charge >= 0.3 is 6.01 Å². The quantitative estimate of drug-likeness (QED) is 0.646. The van der Waals surface area contributed by atoms with Crippen LogP contribution in [0.1, 0.15) is 36.3 Å². The maximum atomic E-state index is 5.76. The smallest absolute Gasteiger partial charge is 0.320 e. The SMILES string of the molecule is COc1nc(N2C[C@@H]3C[C@H]2CO3)cc(-n2ncc3cc(C)c(C4CCNCC4)cc32)n1.Cl. The first-order valence-electron chi connectivity index (χ1n) is 11.2. The summed E-state index contributed by atoms with van der Waals surface area (Å²) >= 11 is 0. The number of morpholine rings is 1. The van der Waals surface area contributed by atoms with E-state index in [1.165, 1.54) is 24.0 Å². The first-order chi connectivity index (χ1) is 15.2. The second kappa shape index (κ2) is 8.50. The van der Waals surface area contributed by atoms with Gasteiger partial charge in [-0.05, 0) is 68.5 Å². The van der Waals surface area contributed by atoms with E-state index in [0.29, 0.717) is 24.1 Å². The molecule has 3 saturated heterocycles. The number of fused-ring (bicyclic) bond motifs is 3. The summed E-state index contributed by atoms with van der Waals surface area (Å²) in [6.07, 6.45) is 5.63. The molecule has 0 unspecified atom stereocenters. The number of anilines is 1. The molecule has 9 heteroatoms. The fourth-order valence-electron chi connectivity index (χ4n) is 5.39. The molecule has 2 aromatic heterocycles. The first-order valence-corrected chi connectivity index (χ1v) is 11.2. The van der Waals surface area contributed by atoms with Crippen LogP contribution in [0.4, 0.5) is 5.82 Å². The van der Waals surface area contributed by atoms with E-state index in [1.807, 2.05) is 16.9 Å². The largest absolute Gasteiger partial charge is 0.467 e. The van der Waals surface area contributed by atoms with Gasteiger partial charge in [-0.1, -0.05) is 0 Å². The van der Waals surface area contributed by atoms with Crippen LogP contribution in [-0.2, 0) is 4.74 Å². The lowest BCUT2D eigenvalue weighted by Gasteiger charge is -2.28.